The van der Waals surface area contributed by atoms with Crippen molar-refractivity contribution >= 4 is 21.6 Å². The number of rotatable bonds is 6. The van der Waals surface area contributed by atoms with E-state index in [4.69, 9.17) is 0 Å². The van der Waals surface area contributed by atoms with Crippen LogP contribution >= 0.6 is 0 Å². The van der Waals surface area contributed by atoms with Crippen molar-refractivity contribution < 1.29 is 17.6 Å². The molecule has 0 radical (unpaired) electrons. The standard InChI is InChI=1S/C19H16FN3O3S/c20-15-6-10-18(11-7-15)27(25,26)23-16-8-4-14(5-9-16)19(24)22-13-17-3-1-2-12-21-17/h1-12,23H,13H2,(H,22,24). The molecule has 2 N–H and O–H groups in total. The predicted octanol–water partition coefficient (Wildman–Crippen LogP) is 2.95. The molecule has 3 aromatic rings. The number of carbonyl (C=O) groups excluding carboxylic acids is 1. The van der Waals surface area contributed by atoms with E-state index in [0.717, 1.165) is 17.8 Å². The normalized spacial score (nSPS) is 11.0. The van der Waals surface area contributed by atoms with Crippen molar-refractivity contribution in [1.29, 1.82) is 0 Å². The number of halogens is 1. The number of nitrogens with zero attached hydrogens (tertiary/aromatic N) is 1. The highest BCUT2D eigenvalue weighted by molar-refractivity contribution is 7.92. The van der Waals surface area contributed by atoms with Crippen LogP contribution in [0.15, 0.2) is 77.8 Å². The molecule has 3 rings (SSSR count). The summed E-state index contributed by atoms with van der Waals surface area (Å²) in [7, 11) is -3.83. The van der Waals surface area contributed by atoms with Crippen molar-refractivity contribution in [3.05, 3.63) is 90.0 Å². The van der Waals surface area contributed by atoms with Crippen LogP contribution < -0.4 is 10.0 Å². The molecule has 1 heterocycles. The van der Waals surface area contributed by atoms with E-state index in [9.17, 15) is 17.6 Å². The highest BCUT2D eigenvalue weighted by Crippen LogP contribution is 2.17. The molecule has 0 atom stereocenters. The molecule has 0 aliphatic carbocycles. The Morgan fingerprint density at radius 3 is 2.30 bits per heavy atom. The van der Waals surface area contributed by atoms with Crippen LogP contribution in [0.2, 0.25) is 0 Å². The Bertz CT molecular complexity index is 1020. The number of nitrogens with one attached hydrogen (secondary N) is 2. The summed E-state index contributed by atoms with van der Waals surface area (Å²) in [5.74, 6) is -0.816. The summed E-state index contributed by atoms with van der Waals surface area (Å²) in [4.78, 5) is 16.2. The Kier molecular flexibility index (Phi) is 5.46. The number of hydrogen-bond donors (Lipinski definition) is 2. The van der Waals surface area contributed by atoms with Gasteiger partial charge in [-0.3, -0.25) is 14.5 Å². The van der Waals surface area contributed by atoms with Gasteiger partial charge >= 0.3 is 0 Å². The summed E-state index contributed by atoms with van der Waals surface area (Å²) in [6.07, 6.45) is 1.64. The van der Waals surface area contributed by atoms with E-state index in [-0.39, 0.29) is 10.8 Å². The number of carbonyl (C=O) groups is 1. The largest absolute Gasteiger partial charge is 0.346 e. The molecule has 0 aliphatic rings. The molecule has 1 amide bonds. The first-order chi connectivity index (χ1) is 12.9. The van der Waals surface area contributed by atoms with Crippen molar-refractivity contribution in [2.24, 2.45) is 0 Å². The van der Waals surface area contributed by atoms with Crippen LogP contribution in [-0.2, 0) is 16.6 Å². The third-order valence-electron chi connectivity index (χ3n) is 3.68. The maximum atomic E-state index is 12.9. The SMILES string of the molecule is O=C(NCc1ccccn1)c1ccc(NS(=O)(=O)c2ccc(F)cc2)cc1. The Morgan fingerprint density at radius 1 is 0.963 bits per heavy atom. The zero-order chi connectivity index (χ0) is 19.3. The van der Waals surface area contributed by atoms with Gasteiger partial charge in [-0.15, -0.1) is 0 Å². The van der Waals surface area contributed by atoms with Gasteiger partial charge in [0.05, 0.1) is 17.1 Å². The predicted molar refractivity (Wildman–Crippen MR) is 99.1 cm³/mol. The topological polar surface area (TPSA) is 88.2 Å². The van der Waals surface area contributed by atoms with Gasteiger partial charge in [0.15, 0.2) is 0 Å². The van der Waals surface area contributed by atoms with Crippen LogP contribution in [0, 0.1) is 5.82 Å². The first-order valence-corrected chi connectivity index (χ1v) is 9.49. The monoisotopic (exact) mass is 385 g/mol. The van der Waals surface area contributed by atoms with Crippen molar-refractivity contribution in [2.75, 3.05) is 4.72 Å². The van der Waals surface area contributed by atoms with Crippen molar-refractivity contribution in [2.45, 2.75) is 11.4 Å². The minimum Gasteiger partial charge on any atom is -0.346 e. The molecule has 0 spiro atoms. The lowest BCUT2D eigenvalue weighted by molar-refractivity contribution is 0.0950. The fourth-order valence-corrected chi connectivity index (χ4v) is 3.35. The summed E-state index contributed by atoms with van der Waals surface area (Å²) in [6, 6.07) is 15.9. The Balaban J connectivity index is 1.64. The van der Waals surface area contributed by atoms with Gasteiger partial charge in [-0.1, -0.05) is 6.07 Å². The number of pyridine rings is 1. The fourth-order valence-electron chi connectivity index (χ4n) is 2.29. The molecule has 0 unspecified atom stereocenters. The van der Waals surface area contributed by atoms with E-state index in [2.05, 4.69) is 15.0 Å². The second-order valence-corrected chi connectivity index (χ2v) is 7.32. The molecule has 1 aromatic heterocycles. The number of aromatic nitrogens is 1. The lowest BCUT2D eigenvalue weighted by Crippen LogP contribution is -2.23. The molecule has 0 aliphatic heterocycles. The summed E-state index contributed by atoms with van der Waals surface area (Å²) in [6.45, 7) is 0.290. The Hall–Kier alpha value is -3.26. The second kappa shape index (κ2) is 7.96. The number of amides is 1. The summed E-state index contributed by atoms with van der Waals surface area (Å²) in [5, 5.41) is 2.74. The van der Waals surface area contributed by atoms with Gasteiger partial charge in [-0.25, -0.2) is 12.8 Å². The molecular formula is C19H16FN3O3S. The number of benzene rings is 2. The average Bonchev–Trinajstić information content (AvgIpc) is 2.67. The number of sulfonamides is 1. The first-order valence-electron chi connectivity index (χ1n) is 8.01. The zero-order valence-corrected chi connectivity index (χ0v) is 14.9. The molecule has 2 aromatic carbocycles. The highest BCUT2D eigenvalue weighted by atomic mass is 32.2. The van der Waals surface area contributed by atoms with E-state index < -0.39 is 15.8 Å². The van der Waals surface area contributed by atoms with E-state index >= 15 is 0 Å². The molecular weight excluding hydrogens is 369 g/mol. The lowest BCUT2D eigenvalue weighted by Gasteiger charge is -2.09. The molecule has 8 heteroatoms. The molecule has 6 nitrogen and oxygen atoms in total. The molecule has 0 bridgehead atoms. The Morgan fingerprint density at radius 2 is 1.67 bits per heavy atom. The van der Waals surface area contributed by atoms with Crippen molar-refractivity contribution in [1.82, 2.24) is 10.3 Å². The molecule has 0 saturated carbocycles. The van der Waals surface area contributed by atoms with Crippen molar-refractivity contribution in [3.63, 3.8) is 0 Å². The van der Waals surface area contributed by atoms with Crippen LogP contribution in [0.25, 0.3) is 0 Å². The van der Waals surface area contributed by atoms with Gasteiger partial charge in [-0.05, 0) is 60.7 Å². The van der Waals surface area contributed by atoms with Crippen molar-refractivity contribution in [3.8, 4) is 0 Å². The fraction of sp³-hybridized carbons (Fsp3) is 0.0526. The summed E-state index contributed by atoms with van der Waals surface area (Å²) in [5.41, 5.74) is 1.41. The van der Waals surface area contributed by atoms with Crippen LogP contribution in [0.5, 0.6) is 0 Å². The summed E-state index contributed by atoms with van der Waals surface area (Å²) >= 11 is 0. The minimum atomic E-state index is -3.83. The highest BCUT2D eigenvalue weighted by Gasteiger charge is 2.14. The average molecular weight is 385 g/mol. The number of hydrogen-bond acceptors (Lipinski definition) is 4. The van der Waals surface area contributed by atoms with E-state index in [1.54, 1.807) is 18.3 Å². The van der Waals surface area contributed by atoms with Gasteiger partial charge in [0, 0.05) is 17.4 Å². The smallest absolute Gasteiger partial charge is 0.261 e. The van der Waals surface area contributed by atoms with Gasteiger partial charge in [0.1, 0.15) is 5.82 Å². The first kappa shape index (κ1) is 18.5. The van der Waals surface area contributed by atoms with Crippen LogP contribution in [-0.4, -0.2) is 19.3 Å². The molecule has 27 heavy (non-hydrogen) atoms. The maximum Gasteiger partial charge on any atom is 0.261 e. The molecule has 0 saturated heterocycles. The van der Waals surface area contributed by atoms with Crippen LogP contribution in [0.3, 0.4) is 0 Å². The van der Waals surface area contributed by atoms with Gasteiger partial charge < -0.3 is 5.32 Å². The third-order valence-corrected chi connectivity index (χ3v) is 5.08. The molecule has 0 fully saturated rings. The van der Waals surface area contributed by atoms with E-state index in [1.807, 2.05) is 6.07 Å². The lowest BCUT2D eigenvalue weighted by atomic mass is 10.2. The minimum absolute atomic E-state index is 0.0546. The third kappa shape index (κ3) is 4.89. The van der Waals surface area contributed by atoms with Crippen LogP contribution in [0.4, 0.5) is 10.1 Å². The second-order valence-electron chi connectivity index (χ2n) is 5.64. The quantitative estimate of drug-likeness (QED) is 0.683. The van der Waals surface area contributed by atoms with Gasteiger partial charge in [0.25, 0.3) is 15.9 Å². The van der Waals surface area contributed by atoms with Gasteiger partial charge in [0.2, 0.25) is 0 Å². The maximum absolute atomic E-state index is 12.9. The van der Waals surface area contributed by atoms with E-state index in [1.165, 1.54) is 36.4 Å². The molecule has 138 valence electrons. The van der Waals surface area contributed by atoms with E-state index in [0.29, 0.717) is 17.8 Å². The summed E-state index contributed by atoms with van der Waals surface area (Å²) < 4.78 is 39.9. The zero-order valence-electron chi connectivity index (χ0n) is 14.1. The van der Waals surface area contributed by atoms with Crippen LogP contribution in [0.1, 0.15) is 16.1 Å². The Labute approximate surface area is 156 Å². The number of anilines is 1. The van der Waals surface area contributed by atoms with Gasteiger partial charge in [-0.2, -0.15) is 0 Å².